The Morgan fingerprint density at radius 3 is 2.63 bits per heavy atom. The fourth-order valence-corrected chi connectivity index (χ4v) is 5.00. The van der Waals surface area contributed by atoms with Gasteiger partial charge in [0.25, 0.3) is 5.91 Å². The van der Waals surface area contributed by atoms with Crippen molar-refractivity contribution in [3.05, 3.63) is 48.0 Å². The first kappa shape index (κ1) is 22.6. The molecule has 30 heavy (non-hydrogen) atoms. The Balaban J connectivity index is 0.00000256. The molecular weight excluding hydrogens is 398 g/mol. The van der Waals surface area contributed by atoms with E-state index in [4.69, 9.17) is 5.73 Å². The molecule has 2 fully saturated rings. The topological polar surface area (TPSA) is 75.4 Å². The van der Waals surface area contributed by atoms with Crippen molar-refractivity contribution < 1.29 is 9.59 Å². The van der Waals surface area contributed by atoms with Crippen molar-refractivity contribution in [2.75, 3.05) is 6.54 Å². The van der Waals surface area contributed by atoms with Crippen LogP contribution in [0.3, 0.4) is 0 Å². The van der Waals surface area contributed by atoms with Gasteiger partial charge in [0.2, 0.25) is 5.91 Å². The van der Waals surface area contributed by atoms with E-state index in [1.165, 1.54) is 6.42 Å². The second-order valence-corrected chi connectivity index (χ2v) is 8.69. The van der Waals surface area contributed by atoms with Gasteiger partial charge in [-0.25, -0.2) is 0 Å². The van der Waals surface area contributed by atoms with Crippen LogP contribution in [-0.2, 0) is 4.79 Å². The van der Waals surface area contributed by atoms with E-state index in [9.17, 15) is 9.59 Å². The molecule has 4 atom stereocenters. The summed E-state index contributed by atoms with van der Waals surface area (Å²) in [7, 11) is 0. The molecule has 2 amide bonds. The first-order valence-electron chi connectivity index (χ1n) is 10.9. The number of hydrogen-bond acceptors (Lipinski definition) is 3. The summed E-state index contributed by atoms with van der Waals surface area (Å²) in [4.78, 5) is 28.4. The van der Waals surface area contributed by atoms with Gasteiger partial charge in [0, 0.05) is 24.2 Å². The Labute approximate surface area is 184 Å². The highest BCUT2D eigenvalue weighted by molar-refractivity contribution is 6.01. The molecular formula is C24H32ClN3O2. The van der Waals surface area contributed by atoms with Crippen LogP contribution in [0, 0.1) is 5.92 Å². The normalized spacial score (nSPS) is 24.1. The average molecular weight is 430 g/mol. The number of carbonyl (C=O) groups excluding carboxylic acids is 2. The Bertz CT molecular complexity index is 901. The molecule has 1 saturated heterocycles. The lowest BCUT2D eigenvalue weighted by atomic mass is 9.84. The number of likely N-dealkylation sites (tertiary alicyclic amines) is 1. The molecule has 1 aliphatic heterocycles. The summed E-state index contributed by atoms with van der Waals surface area (Å²) in [6.07, 6.45) is 5.93. The number of rotatable bonds is 5. The van der Waals surface area contributed by atoms with Gasteiger partial charge in [0.1, 0.15) is 6.04 Å². The summed E-state index contributed by atoms with van der Waals surface area (Å²) in [6, 6.07) is 13.7. The van der Waals surface area contributed by atoms with Gasteiger partial charge in [-0.15, -0.1) is 12.4 Å². The lowest BCUT2D eigenvalue weighted by Crippen LogP contribution is -2.50. The first-order valence-corrected chi connectivity index (χ1v) is 10.9. The molecule has 0 spiro atoms. The average Bonchev–Trinajstić information content (AvgIpc) is 3.12. The SMILES string of the molecule is CC(N)CCNC(=O)C1CC2CCCCC2N1C(=O)c1ccc2ccccc2c1.Cl. The monoisotopic (exact) mass is 429 g/mol. The van der Waals surface area contributed by atoms with Crippen LogP contribution in [0.2, 0.25) is 0 Å². The molecule has 0 aromatic heterocycles. The summed E-state index contributed by atoms with van der Waals surface area (Å²) < 4.78 is 0. The quantitative estimate of drug-likeness (QED) is 0.757. The minimum atomic E-state index is -0.379. The van der Waals surface area contributed by atoms with Gasteiger partial charge in [-0.3, -0.25) is 9.59 Å². The molecule has 1 heterocycles. The minimum Gasteiger partial charge on any atom is -0.354 e. The van der Waals surface area contributed by atoms with Gasteiger partial charge in [-0.1, -0.05) is 43.2 Å². The molecule has 3 N–H and O–H groups in total. The minimum absolute atomic E-state index is 0. The van der Waals surface area contributed by atoms with Crippen LogP contribution < -0.4 is 11.1 Å². The summed E-state index contributed by atoms with van der Waals surface area (Å²) in [5.74, 6) is 0.379. The van der Waals surface area contributed by atoms with E-state index < -0.39 is 0 Å². The number of nitrogens with zero attached hydrogens (tertiary/aromatic N) is 1. The maximum Gasteiger partial charge on any atom is 0.254 e. The zero-order valence-electron chi connectivity index (χ0n) is 17.5. The second kappa shape index (κ2) is 9.80. The highest BCUT2D eigenvalue weighted by atomic mass is 35.5. The fraction of sp³-hybridized carbons (Fsp3) is 0.500. The van der Waals surface area contributed by atoms with Gasteiger partial charge in [-0.2, -0.15) is 0 Å². The number of benzene rings is 2. The Morgan fingerprint density at radius 2 is 1.87 bits per heavy atom. The van der Waals surface area contributed by atoms with Gasteiger partial charge < -0.3 is 16.0 Å². The largest absolute Gasteiger partial charge is 0.354 e. The van der Waals surface area contributed by atoms with E-state index in [0.717, 1.165) is 42.9 Å². The van der Waals surface area contributed by atoms with E-state index in [1.54, 1.807) is 0 Å². The number of amides is 2. The molecule has 2 aromatic carbocycles. The van der Waals surface area contributed by atoms with E-state index in [1.807, 2.05) is 54.3 Å². The molecule has 4 rings (SSSR count). The Hall–Kier alpha value is -2.11. The third-order valence-corrected chi connectivity index (χ3v) is 6.52. The molecule has 6 heteroatoms. The van der Waals surface area contributed by atoms with E-state index >= 15 is 0 Å². The zero-order valence-corrected chi connectivity index (χ0v) is 18.4. The maximum absolute atomic E-state index is 13.6. The molecule has 1 aliphatic carbocycles. The molecule has 2 aromatic rings. The summed E-state index contributed by atoms with van der Waals surface area (Å²) >= 11 is 0. The molecule has 4 unspecified atom stereocenters. The zero-order chi connectivity index (χ0) is 20.4. The number of nitrogens with one attached hydrogen (secondary N) is 1. The van der Waals surface area contributed by atoms with Crippen LogP contribution in [-0.4, -0.2) is 41.4 Å². The number of nitrogens with two attached hydrogens (primary N) is 1. The maximum atomic E-state index is 13.6. The number of carbonyl (C=O) groups is 2. The van der Waals surface area contributed by atoms with Crippen molar-refractivity contribution in [2.24, 2.45) is 11.7 Å². The van der Waals surface area contributed by atoms with Crippen molar-refractivity contribution in [1.82, 2.24) is 10.2 Å². The van der Waals surface area contributed by atoms with E-state index in [0.29, 0.717) is 18.0 Å². The molecule has 5 nitrogen and oxygen atoms in total. The second-order valence-electron chi connectivity index (χ2n) is 8.69. The van der Waals surface area contributed by atoms with Crippen molar-refractivity contribution >= 4 is 35.0 Å². The lowest BCUT2D eigenvalue weighted by Gasteiger charge is -2.33. The molecule has 0 bridgehead atoms. The van der Waals surface area contributed by atoms with Gasteiger partial charge in [0.15, 0.2) is 0 Å². The molecule has 162 valence electrons. The predicted molar refractivity (Wildman–Crippen MR) is 123 cm³/mol. The van der Waals surface area contributed by atoms with E-state index in [2.05, 4.69) is 5.32 Å². The highest BCUT2D eigenvalue weighted by Gasteiger charge is 2.47. The number of hydrogen-bond donors (Lipinski definition) is 2. The Kier molecular flexibility index (Phi) is 7.37. The first-order chi connectivity index (χ1) is 14.0. The van der Waals surface area contributed by atoms with Gasteiger partial charge >= 0.3 is 0 Å². The summed E-state index contributed by atoms with van der Waals surface area (Å²) in [5, 5.41) is 5.19. The van der Waals surface area contributed by atoms with Crippen molar-refractivity contribution in [3.8, 4) is 0 Å². The number of fused-ring (bicyclic) bond motifs is 2. The summed E-state index contributed by atoms with van der Waals surface area (Å²) in [5.41, 5.74) is 6.48. The molecule has 0 radical (unpaired) electrons. The van der Waals surface area contributed by atoms with Gasteiger partial charge in [-0.05, 0) is 61.4 Å². The smallest absolute Gasteiger partial charge is 0.254 e. The molecule has 2 aliphatic rings. The third kappa shape index (κ3) is 4.62. The predicted octanol–water partition coefficient (Wildman–Crippen LogP) is 3.89. The fourth-order valence-electron chi connectivity index (χ4n) is 5.00. The van der Waals surface area contributed by atoms with E-state index in [-0.39, 0.29) is 42.3 Å². The standard InChI is InChI=1S/C24H31N3O2.ClH/c1-16(25)12-13-26-23(28)22-15-19-8-4-5-9-21(19)27(22)24(29)20-11-10-17-6-2-3-7-18(17)14-20;/h2-3,6-7,10-11,14,16,19,21-22H,4-5,8-9,12-13,15,25H2,1H3,(H,26,28);1H. The molecule has 1 saturated carbocycles. The van der Waals surface area contributed by atoms with Crippen LogP contribution in [0.15, 0.2) is 42.5 Å². The third-order valence-electron chi connectivity index (χ3n) is 6.52. The van der Waals surface area contributed by atoms with Crippen molar-refractivity contribution in [3.63, 3.8) is 0 Å². The van der Waals surface area contributed by atoms with Crippen LogP contribution in [0.25, 0.3) is 10.8 Å². The van der Waals surface area contributed by atoms with Crippen LogP contribution >= 0.6 is 12.4 Å². The lowest BCUT2D eigenvalue weighted by molar-refractivity contribution is -0.125. The Morgan fingerprint density at radius 1 is 1.13 bits per heavy atom. The van der Waals surface area contributed by atoms with Crippen LogP contribution in [0.4, 0.5) is 0 Å². The van der Waals surface area contributed by atoms with Crippen molar-refractivity contribution in [1.29, 1.82) is 0 Å². The van der Waals surface area contributed by atoms with Gasteiger partial charge in [0.05, 0.1) is 0 Å². The number of halogens is 1. The van der Waals surface area contributed by atoms with Crippen LogP contribution in [0.5, 0.6) is 0 Å². The highest BCUT2D eigenvalue weighted by Crippen LogP contribution is 2.40. The van der Waals surface area contributed by atoms with Crippen molar-refractivity contribution in [2.45, 2.75) is 63.6 Å². The summed E-state index contributed by atoms with van der Waals surface area (Å²) in [6.45, 7) is 2.49. The van der Waals surface area contributed by atoms with Crippen LogP contribution in [0.1, 0.15) is 55.8 Å².